The Labute approximate surface area is 487 Å². The third-order valence-electron chi connectivity index (χ3n) is 16.7. The van der Waals surface area contributed by atoms with Crippen LogP contribution in [0.4, 0.5) is 0 Å². The highest BCUT2D eigenvalue weighted by Crippen LogP contribution is 2.23. The van der Waals surface area contributed by atoms with Crippen molar-refractivity contribution in [2.75, 3.05) is 19.8 Å². The first kappa shape index (κ1) is 75.4. The van der Waals surface area contributed by atoms with Crippen molar-refractivity contribution >= 4 is 11.9 Å². The zero-order valence-electron chi connectivity index (χ0n) is 51.9. The smallest absolute Gasteiger partial charge is 0.305 e. The van der Waals surface area contributed by atoms with Gasteiger partial charge in [0, 0.05) is 12.8 Å². The van der Waals surface area contributed by atoms with Crippen LogP contribution >= 0.6 is 0 Å². The Bertz CT molecular complexity index is 1320. The van der Waals surface area contributed by atoms with Crippen LogP contribution in [0.25, 0.3) is 0 Å². The van der Waals surface area contributed by atoms with Crippen LogP contribution in [0.3, 0.4) is 0 Å². The molecule has 1 aliphatic heterocycles. The summed E-state index contributed by atoms with van der Waals surface area (Å²) in [5.74, 6) is -0.166. The van der Waals surface area contributed by atoms with E-state index >= 15 is 0 Å². The molecule has 0 aromatic heterocycles. The maximum atomic E-state index is 13.0. The number of hydrogen-bond acceptors (Lipinski definition) is 10. The highest BCUT2D eigenvalue weighted by Gasteiger charge is 2.44. The molecule has 1 heterocycles. The lowest BCUT2D eigenvalue weighted by Gasteiger charge is -2.40. The molecule has 11 heteroatoms. The Morgan fingerprint density at radius 3 is 1.18 bits per heavy atom. The standard InChI is InChI=1S/C68H131NO10/c1-3-5-7-9-11-13-14-15-33-36-40-44-48-52-56-64(73)77-57-53-49-45-41-37-34-31-29-27-25-23-21-19-17-16-18-20-22-24-26-28-30-32-35-39-43-47-51-55-63(72)69-60(61(71)54-50-46-42-38-12-10-8-6-4-2)59-78-68-67(76)66(75)65(74)62(58-70)79-68/h50,54,60-62,65-68,70-71,74-76H,3-49,51-53,55-59H2,1-2H3,(H,69,72)/b54-50+. The average Bonchev–Trinajstić information content (AvgIpc) is 3.46. The van der Waals surface area contributed by atoms with Crippen molar-refractivity contribution in [1.29, 1.82) is 0 Å². The molecule has 0 aromatic rings. The Kier molecular flexibility index (Phi) is 55.5. The number of ether oxygens (including phenoxy) is 3. The average molecular weight is 1120 g/mol. The van der Waals surface area contributed by atoms with E-state index < -0.39 is 49.5 Å². The van der Waals surface area contributed by atoms with Gasteiger partial charge in [-0.2, -0.15) is 0 Å². The molecule has 0 spiro atoms. The molecule has 79 heavy (non-hydrogen) atoms. The van der Waals surface area contributed by atoms with Crippen molar-refractivity contribution in [2.45, 2.75) is 391 Å². The van der Waals surface area contributed by atoms with E-state index in [1.165, 1.54) is 270 Å². The summed E-state index contributed by atoms with van der Waals surface area (Å²) in [5.41, 5.74) is 0. The number of unbranched alkanes of at least 4 members (excludes halogenated alkanes) is 47. The molecule has 7 unspecified atom stereocenters. The van der Waals surface area contributed by atoms with Gasteiger partial charge in [-0.15, -0.1) is 0 Å². The first-order valence-electron chi connectivity index (χ1n) is 34.5. The van der Waals surface area contributed by atoms with Gasteiger partial charge < -0.3 is 45.1 Å². The van der Waals surface area contributed by atoms with Crippen molar-refractivity contribution in [3.05, 3.63) is 12.2 Å². The van der Waals surface area contributed by atoms with Gasteiger partial charge in [0.15, 0.2) is 6.29 Å². The quantitative estimate of drug-likeness (QED) is 0.0195. The lowest BCUT2D eigenvalue weighted by Crippen LogP contribution is -2.60. The van der Waals surface area contributed by atoms with Crippen LogP contribution in [-0.4, -0.2) is 100 Å². The molecule has 6 N–H and O–H groups in total. The van der Waals surface area contributed by atoms with Gasteiger partial charge >= 0.3 is 5.97 Å². The Morgan fingerprint density at radius 1 is 0.456 bits per heavy atom. The third-order valence-corrected chi connectivity index (χ3v) is 16.7. The van der Waals surface area contributed by atoms with Crippen molar-refractivity contribution in [3.8, 4) is 0 Å². The number of aliphatic hydroxyl groups is 5. The molecule has 0 aliphatic carbocycles. The summed E-state index contributed by atoms with van der Waals surface area (Å²) in [5, 5.41) is 54.3. The molecule has 7 atom stereocenters. The van der Waals surface area contributed by atoms with Crippen molar-refractivity contribution in [3.63, 3.8) is 0 Å². The summed E-state index contributed by atoms with van der Waals surface area (Å²) in [4.78, 5) is 25.1. The van der Waals surface area contributed by atoms with E-state index in [4.69, 9.17) is 14.2 Å². The van der Waals surface area contributed by atoms with E-state index in [0.29, 0.717) is 19.4 Å². The number of carbonyl (C=O) groups excluding carboxylic acids is 2. The fraction of sp³-hybridized carbons (Fsp3) is 0.941. The molecule has 1 rings (SSSR count). The number of amides is 1. The first-order valence-corrected chi connectivity index (χ1v) is 34.5. The van der Waals surface area contributed by atoms with Crippen LogP contribution in [0.1, 0.15) is 348 Å². The van der Waals surface area contributed by atoms with Crippen LogP contribution in [0.5, 0.6) is 0 Å². The van der Waals surface area contributed by atoms with Gasteiger partial charge in [-0.3, -0.25) is 9.59 Å². The third kappa shape index (κ3) is 47.5. The number of esters is 1. The van der Waals surface area contributed by atoms with Gasteiger partial charge in [0.25, 0.3) is 0 Å². The molecule has 1 saturated heterocycles. The number of aliphatic hydroxyl groups excluding tert-OH is 5. The van der Waals surface area contributed by atoms with Gasteiger partial charge in [-0.05, 0) is 32.1 Å². The largest absolute Gasteiger partial charge is 0.466 e. The predicted molar refractivity (Wildman–Crippen MR) is 329 cm³/mol. The number of nitrogens with one attached hydrogen (secondary N) is 1. The molecule has 1 amide bonds. The van der Waals surface area contributed by atoms with E-state index in [9.17, 15) is 35.1 Å². The summed E-state index contributed by atoms with van der Waals surface area (Å²) >= 11 is 0. The van der Waals surface area contributed by atoms with Crippen molar-refractivity contribution in [1.82, 2.24) is 5.32 Å². The van der Waals surface area contributed by atoms with E-state index in [-0.39, 0.29) is 18.5 Å². The topological polar surface area (TPSA) is 175 Å². The van der Waals surface area contributed by atoms with Crippen LogP contribution in [-0.2, 0) is 23.8 Å². The van der Waals surface area contributed by atoms with Gasteiger partial charge in [-0.25, -0.2) is 0 Å². The van der Waals surface area contributed by atoms with Gasteiger partial charge in [-0.1, -0.05) is 315 Å². The fourth-order valence-electron chi connectivity index (χ4n) is 11.2. The first-order chi connectivity index (χ1) is 38.7. The number of carbonyl (C=O) groups is 2. The molecule has 1 fully saturated rings. The van der Waals surface area contributed by atoms with Crippen LogP contribution in [0, 0.1) is 0 Å². The summed E-state index contributed by atoms with van der Waals surface area (Å²) in [6, 6.07) is -0.805. The highest BCUT2D eigenvalue weighted by molar-refractivity contribution is 5.76. The summed E-state index contributed by atoms with van der Waals surface area (Å²) in [6.07, 6.45) is 60.7. The second-order valence-electron chi connectivity index (χ2n) is 24.2. The minimum Gasteiger partial charge on any atom is -0.466 e. The van der Waals surface area contributed by atoms with E-state index in [1.54, 1.807) is 6.08 Å². The van der Waals surface area contributed by atoms with Gasteiger partial charge in [0.05, 0.1) is 32.0 Å². The summed E-state index contributed by atoms with van der Waals surface area (Å²) in [7, 11) is 0. The second kappa shape index (κ2) is 58.2. The minimum atomic E-state index is -1.57. The summed E-state index contributed by atoms with van der Waals surface area (Å²) in [6.45, 7) is 4.36. The van der Waals surface area contributed by atoms with Gasteiger partial charge in [0.2, 0.25) is 5.91 Å². The molecular formula is C68H131NO10. The molecular weight excluding hydrogens is 991 g/mol. The monoisotopic (exact) mass is 1120 g/mol. The SMILES string of the molecule is CCCCCCCCC/C=C/C(O)C(COC1OC(CO)C(O)C(O)C1O)NC(=O)CCCCCCCCCCCCCCCCCCCCCCCCCCCCCCOC(=O)CCCCCCCCCCCCCCCC. The maximum Gasteiger partial charge on any atom is 0.305 e. The molecule has 468 valence electrons. The highest BCUT2D eigenvalue weighted by atomic mass is 16.7. The zero-order valence-corrected chi connectivity index (χ0v) is 51.9. The number of allylic oxidation sites excluding steroid dienone is 1. The Hall–Kier alpha value is -1.60. The fourth-order valence-corrected chi connectivity index (χ4v) is 11.2. The number of rotatable bonds is 61. The van der Waals surface area contributed by atoms with Gasteiger partial charge in [0.1, 0.15) is 24.4 Å². The summed E-state index contributed by atoms with van der Waals surface area (Å²) < 4.78 is 16.7. The lowest BCUT2D eigenvalue weighted by molar-refractivity contribution is -0.302. The van der Waals surface area contributed by atoms with Crippen LogP contribution in [0.15, 0.2) is 12.2 Å². The van der Waals surface area contributed by atoms with E-state index in [1.807, 2.05) is 6.08 Å². The second-order valence-corrected chi connectivity index (χ2v) is 24.2. The minimum absolute atomic E-state index is 0.0126. The molecule has 0 bridgehead atoms. The molecule has 0 radical (unpaired) electrons. The van der Waals surface area contributed by atoms with E-state index in [0.717, 1.165) is 51.4 Å². The Balaban J connectivity index is 1.91. The van der Waals surface area contributed by atoms with Crippen molar-refractivity contribution < 1.29 is 49.3 Å². The Morgan fingerprint density at radius 2 is 0.797 bits per heavy atom. The molecule has 0 saturated carbocycles. The molecule has 0 aromatic carbocycles. The van der Waals surface area contributed by atoms with Crippen molar-refractivity contribution in [2.24, 2.45) is 0 Å². The normalized spacial score (nSPS) is 18.4. The molecule has 11 nitrogen and oxygen atoms in total. The zero-order chi connectivity index (χ0) is 57.3. The van der Waals surface area contributed by atoms with E-state index in [2.05, 4.69) is 19.2 Å². The lowest BCUT2D eigenvalue weighted by atomic mass is 9.99. The maximum absolute atomic E-state index is 13.0. The number of hydrogen-bond donors (Lipinski definition) is 6. The predicted octanol–water partition coefficient (Wildman–Crippen LogP) is 17.1. The molecule has 1 aliphatic rings. The van der Waals surface area contributed by atoms with Crippen LogP contribution < -0.4 is 5.32 Å². The van der Waals surface area contributed by atoms with Crippen LogP contribution in [0.2, 0.25) is 0 Å².